The molecule has 0 aliphatic carbocycles. The normalized spacial score (nSPS) is 10.5. The molecule has 3 rings (SSSR count). The van der Waals surface area contributed by atoms with Crippen molar-refractivity contribution in [1.82, 2.24) is 10.2 Å². The maximum atomic E-state index is 12.0. The minimum Gasteiger partial charge on any atom is -0.508 e. The van der Waals surface area contributed by atoms with E-state index in [1.807, 2.05) is 30.3 Å². The second-order valence-corrected chi connectivity index (χ2v) is 5.42. The van der Waals surface area contributed by atoms with Gasteiger partial charge in [0.1, 0.15) is 5.75 Å². The Bertz CT molecular complexity index is 770. The summed E-state index contributed by atoms with van der Waals surface area (Å²) in [5, 5.41) is 17.5. The second kappa shape index (κ2) is 6.44. The van der Waals surface area contributed by atoms with Crippen molar-refractivity contribution in [3.8, 4) is 17.2 Å². The van der Waals surface area contributed by atoms with E-state index in [2.05, 4.69) is 10.2 Å². The number of phenols is 1. The Labute approximate surface area is 131 Å². The number of benzene rings is 2. The molecule has 0 saturated carbocycles. The van der Waals surface area contributed by atoms with Gasteiger partial charge in [0.05, 0.1) is 5.75 Å². The molecule has 1 aromatic heterocycles. The van der Waals surface area contributed by atoms with Crippen LogP contribution in [0.3, 0.4) is 0 Å². The summed E-state index contributed by atoms with van der Waals surface area (Å²) < 4.78 is 5.52. The summed E-state index contributed by atoms with van der Waals surface area (Å²) in [6, 6.07) is 15.6. The molecule has 1 N–H and O–H groups in total. The van der Waals surface area contributed by atoms with Gasteiger partial charge < -0.3 is 9.52 Å². The van der Waals surface area contributed by atoms with Gasteiger partial charge in [0.25, 0.3) is 5.22 Å². The Morgan fingerprint density at radius 2 is 1.77 bits per heavy atom. The van der Waals surface area contributed by atoms with Gasteiger partial charge >= 0.3 is 0 Å². The fourth-order valence-corrected chi connectivity index (χ4v) is 2.48. The summed E-state index contributed by atoms with van der Waals surface area (Å²) in [6.45, 7) is 0. The quantitative estimate of drug-likeness (QED) is 0.574. The molecule has 22 heavy (non-hydrogen) atoms. The summed E-state index contributed by atoms with van der Waals surface area (Å²) in [5.41, 5.74) is 1.37. The third-order valence-corrected chi connectivity index (χ3v) is 3.76. The molecule has 0 bridgehead atoms. The number of thioether (sulfide) groups is 1. The largest absolute Gasteiger partial charge is 0.508 e. The van der Waals surface area contributed by atoms with Crippen molar-refractivity contribution >= 4 is 17.5 Å². The number of aromatic hydroxyl groups is 1. The number of hydrogen-bond donors (Lipinski definition) is 1. The minimum absolute atomic E-state index is 0.0653. The van der Waals surface area contributed by atoms with Crippen molar-refractivity contribution in [2.75, 3.05) is 5.75 Å². The van der Waals surface area contributed by atoms with Gasteiger partial charge in [0, 0.05) is 11.1 Å². The molecule has 6 heteroatoms. The van der Waals surface area contributed by atoms with Crippen LogP contribution in [-0.4, -0.2) is 26.8 Å². The fraction of sp³-hybridized carbons (Fsp3) is 0.0625. The van der Waals surface area contributed by atoms with Crippen LogP contribution in [0.2, 0.25) is 0 Å². The third kappa shape index (κ3) is 3.35. The lowest BCUT2D eigenvalue weighted by atomic mass is 10.1. The predicted molar refractivity (Wildman–Crippen MR) is 82.9 cm³/mol. The first kappa shape index (κ1) is 14.3. The molecule has 3 aromatic rings. The van der Waals surface area contributed by atoms with E-state index in [9.17, 15) is 9.90 Å². The Morgan fingerprint density at radius 1 is 1.05 bits per heavy atom. The molecule has 0 fully saturated rings. The number of aromatic nitrogens is 2. The molecule has 5 nitrogen and oxygen atoms in total. The van der Waals surface area contributed by atoms with Crippen molar-refractivity contribution in [1.29, 1.82) is 0 Å². The van der Waals surface area contributed by atoms with Crippen LogP contribution < -0.4 is 0 Å². The van der Waals surface area contributed by atoms with E-state index in [1.165, 1.54) is 23.9 Å². The monoisotopic (exact) mass is 312 g/mol. The van der Waals surface area contributed by atoms with Crippen LogP contribution in [0.15, 0.2) is 64.2 Å². The fourth-order valence-electron chi connectivity index (χ4n) is 1.82. The molecular weight excluding hydrogens is 300 g/mol. The Hall–Kier alpha value is -2.60. The topological polar surface area (TPSA) is 76.2 Å². The first-order valence-corrected chi connectivity index (χ1v) is 7.55. The summed E-state index contributed by atoms with van der Waals surface area (Å²) in [4.78, 5) is 12.0. The zero-order valence-electron chi connectivity index (χ0n) is 11.5. The molecule has 110 valence electrons. The number of carbonyl (C=O) groups is 1. The molecule has 2 aromatic carbocycles. The molecule has 0 unspecified atom stereocenters. The molecule has 0 aliphatic rings. The van der Waals surface area contributed by atoms with E-state index in [-0.39, 0.29) is 17.3 Å². The Balaban J connectivity index is 1.64. The number of hydrogen-bond acceptors (Lipinski definition) is 6. The van der Waals surface area contributed by atoms with Gasteiger partial charge in [0.15, 0.2) is 5.78 Å². The van der Waals surface area contributed by atoms with Crippen LogP contribution in [0.4, 0.5) is 0 Å². The van der Waals surface area contributed by atoms with Gasteiger partial charge in [-0.3, -0.25) is 4.79 Å². The maximum Gasteiger partial charge on any atom is 0.277 e. The molecule has 0 atom stereocenters. The molecule has 0 aliphatic heterocycles. The standard InChI is InChI=1S/C16H12N2O3S/c19-13-8-6-11(7-9-13)14(20)10-22-16-18-17-15(21-16)12-4-2-1-3-5-12/h1-9,19H,10H2. The number of carbonyl (C=O) groups excluding carboxylic acids is 1. The first-order chi connectivity index (χ1) is 10.7. The number of Topliss-reactive ketones (excluding diaryl/α,β-unsaturated/α-hetero) is 1. The summed E-state index contributed by atoms with van der Waals surface area (Å²) in [6.07, 6.45) is 0. The third-order valence-electron chi connectivity index (χ3n) is 2.94. The van der Waals surface area contributed by atoms with E-state index in [0.29, 0.717) is 16.7 Å². The molecule has 1 heterocycles. The summed E-state index contributed by atoms with van der Waals surface area (Å²) in [7, 11) is 0. The van der Waals surface area contributed by atoms with E-state index in [1.54, 1.807) is 12.1 Å². The van der Waals surface area contributed by atoms with Crippen LogP contribution in [0.5, 0.6) is 5.75 Å². The van der Waals surface area contributed by atoms with Crippen molar-refractivity contribution < 1.29 is 14.3 Å². The van der Waals surface area contributed by atoms with Gasteiger partial charge in [-0.2, -0.15) is 0 Å². The number of ketones is 1. The zero-order valence-corrected chi connectivity index (χ0v) is 12.3. The smallest absolute Gasteiger partial charge is 0.277 e. The van der Waals surface area contributed by atoms with Crippen molar-refractivity contribution in [3.05, 3.63) is 60.2 Å². The summed E-state index contributed by atoms with van der Waals surface area (Å²) >= 11 is 1.19. The van der Waals surface area contributed by atoms with Gasteiger partial charge in [-0.05, 0) is 36.4 Å². The highest BCUT2D eigenvalue weighted by atomic mass is 32.2. The number of nitrogens with zero attached hydrogens (tertiary/aromatic N) is 2. The predicted octanol–water partition coefficient (Wildman–Crippen LogP) is 3.42. The van der Waals surface area contributed by atoms with Crippen molar-refractivity contribution in [2.45, 2.75) is 5.22 Å². The van der Waals surface area contributed by atoms with Gasteiger partial charge in [0.2, 0.25) is 5.89 Å². The van der Waals surface area contributed by atoms with Crippen LogP contribution in [0.1, 0.15) is 10.4 Å². The van der Waals surface area contributed by atoms with Crippen LogP contribution in [0, 0.1) is 0 Å². The molecule has 0 radical (unpaired) electrons. The van der Waals surface area contributed by atoms with Crippen molar-refractivity contribution in [3.63, 3.8) is 0 Å². The van der Waals surface area contributed by atoms with E-state index in [4.69, 9.17) is 4.42 Å². The second-order valence-electron chi connectivity index (χ2n) is 4.50. The molecule has 0 spiro atoms. The minimum atomic E-state index is -0.0653. The van der Waals surface area contributed by atoms with Crippen molar-refractivity contribution in [2.24, 2.45) is 0 Å². The lowest BCUT2D eigenvalue weighted by Crippen LogP contribution is -2.01. The lowest BCUT2D eigenvalue weighted by molar-refractivity contribution is 0.102. The van der Waals surface area contributed by atoms with Crippen LogP contribution >= 0.6 is 11.8 Å². The lowest BCUT2D eigenvalue weighted by Gasteiger charge is -1.99. The van der Waals surface area contributed by atoms with E-state index >= 15 is 0 Å². The molecular formula is C16H12N2O3S. The summed E-state index contributed by atoms with van der Waals surface area (Å²) in [5.74, 6) is 0.694. The Morgan fingerprint density at radius 3 is 2.50 bits per heavy atom. The van der Waals surface area contributed by atoms with E-state index < -0.39 is 0 Å². The molecule has 0 saturated heterocycles. The van der Waals surface area contributed by atoms with Crippen LogP contribution in [0.25, 0.3) is 11.5 Å². The number of rotatable bonds is 5. The average molecular weight is 312 g/mol. The number of phenolic OH excluding ortho intramolecular Hbond substituents is 1. The highest BCUT2D eigenvalue weighted by Crippen LogP contribution is 2.23. The van der Waals surface area contributed by atoms with Crippen LogP contribution in [-0.2, 0) is 0 Å². The van der Waals surface area contributed by atoms with Gasteiger partial charge in [-0.1, -0.05) is 30.0 Å². The highest BCUT2D eigenvalue weighted by molar-refractivity contribution is 7.99. The maximum absolute atomic E-state index is 12.0. The Kier molecular flexibility index (Phi) is 4.20. The first-order valence-electron chi connectivity index (χ1n) is 6.56. The average Bonchev–Trinajstić information content (AvgIpc) is 3.03. The SMILES string of the molecule is O=C(CSc1nnc(-c2ccccc2)o1)c1ccc(O)cc1. The molecule has 0 amide bonds. The highest BCUT2D eigenvalue weighted by Gasteiger charge is 2.12. The van der Waals surface area contributed by atoms with Gasteiger partial charge in [-0.25, -0.2) is 0 Å². The zero-order chi connectivity index (χ0) is 15.4. The van der Waals surface area contributed by atoms with Gasteiger partial charge in [-0.15, -0.1) is 10.2 Å². The van der Waals surface area contributed by atoms with E-state index in [0.717, 1.165) is 5.56 Å².